The van der Waals surface area contributed by atoms with Crippen LogP contribution in [0.2, 0.25) is 5.02 Å². The van der Waals surface area contributed by atoms with Gasteiger partial charge >= 0.3 is 6.18 Å². The maximum absolute atomic E-state index is 12.8. The summed E-state index contributed by atoms with van der Waals surface area (Å²) in [5, 5.41) is 2.30. The summed E-state index contributed by atoms with van der Waals surface area (Å²) in [6, 6.07) is 4.74. The van der Waals surface area contributed by atoms with Crippen LogP contribution in [0.25, 0.3) is 0 Å². The van der Waals surface area contributed by atoms with E-state index in [2.05, 4.69) is 5.32 Å². The summed E-state index contributed by atoms with van der Waals surface area (Å²) >= 11 is 5.84. The number of hydrogen-bond donors (Lipinski definition) is 1. The molecule has 0 fully saturated rings. The fourth-order valence-electron chi connectivity index (χ4n) is 2.07. The van der Waals surface area contributed by atoms with Crippen molar-refractivity contribution in [2.24, 2.45) is 0 Å². The number of hydrogen-bond acceptors (Lipinski definition) is 2. The van der Waals surface area contributed by atoms with Gasteiger partial charge in [0.1, 0.15) is 6.04 Å². The molecule has 1 aromatic carbocycles. The summed E-state index contributed by atoms with van der Waals surface area (Å²) < 4.78 is 39.4. The summed E-state index contributed by atoms with van der Waals surface area (Å²) in [6.07, 6.45) is -3.10. The molecular formula is C16H14ClF3N2O2. The molecule has 2 rings (SSSR count). The molecule has 0 aliphatic carbocycles. The average molecular weight is 359 g/mol. The number of anilines is 1. The van der Waals surface area contributed by atoms with Gasteiger partial charge in [-0.1, -0.05) is 11.6 Å². The Morgan fingerprint density at radius 2 is 1.92 bits per heavy atom. The van der Waals surface area contributed by atoms with Crippen LogP contribution in [0.15, 0.2) is 41.3 Å². The van der Waals surface area contributed by atoms with Gasteiger partial charge in [-0.25, -0.2) is 0 Å². The average Bonchev–Trinajstić information content (AvgIpc) is 2.47. The number of nitrogens with zero attached hydrogens (tertiary/aromatic N) is 1. The number of pyridine rings is 1. The fraction of sp³-hybridized carbons (Fsp3) is 0.250. The van der Waals surface area contributed by atoms with Gasteiger partial charge in [0.15, 0.2) is 0 Å². The molecule has 128 valence electrons. The molecule has 4 nitrogen and oxygen atoms in total. The summed E-state index contributed by atoms with van der Waals surface area (Å²) in [6.45, 7) is 3.20. The van der Waals surface area contributed by atoms with Crippen molar-refractivity contribution in [3.05, 3.63) is 63.0 Å². The molecule has 1 amide bonds. The Bertz CT molecular complexity index is 831. The van der Waals surface area contributed by atoms with Crippen LogP contribution in [0.1, 0.15) is 24.1 Å². The molecule has 0 saturated carbocycles. The number of amides is 1. The third-order valence-corrected chi connectivity index (χ3v) is 3.78. The van der Waals surface area contributed by atoms with E-state index in [9.17, 15) is 22.8 Å². The number of nitrogens with one attached hydrogen (secondary N) is 1. The Balaban J connectivity index is 2.27. The second-order valence-corrected chi connectivity index (χ2v) is 5.71. The first-order chi connectivity index (χ1) is 11.1. The van der Waals surface area contributed by atoms with Gasteiger partial charge < -0.3 is 9.88 Å². The predicted octanol–water partition coefficient (Wildman–Crippen LogP) is 4.03. The SMILES string of the molecule is Cc1ccn(C(C)C(=O)Nc2cc(C(F)(F)F)ccc2Cl)c(=O)c1. The minimum Gasteiger partial charge on any atom is -0.323 e. The number of aryl methyl sites for hydroxylation is 1. The number of aromatic nitrogens is 1. The second-order valence-electron chi connectivity index (χ2n) is 5.31. The van der Waals surface area contributed by atoms with Gasteiger partial charge in [-0.3, -0.25) is 9.59 Å². The Labute approximate surface area is 140 Å². The molecule has 1 N–H and O–H groups in total. The highest BCUT2D eigenvalue weighted by Crippen LogP contribution is 2.34. The first-order valence-electron chi connectivity index (χ1n) is 6.96. The molecule has 0 spiro atoms. The third-order valence-electron chi connectivity index (χ3n) is 3.45. The van der Waals surface area contributed by atoms with Gasteiger partial charge in [0.25, 0.3) is 5.56 Å². The van der Waals surface area contributed by atoms with Crippen molar-refractivity contribution in [3.63, 3.8) is 0 Å². The molecule has 0 bridgehead atoms. The molecule has 1 aromatic heterocycles. The van der Waals surface area contributed by atoms with E-state index < -0.39 is 23.7 Å². The number of halogens is 4. The zero-order valence-corrected chi connectivity index (χ0v) is 13.6. The van der Waals surface area contributed by atoms with Gasteiger partial charge in [-0.2, -0.15) is 13.2 Å². The van der Waals surface area contributed by atoms with Crippen LogP contribution in [-0.4, -0.2) is 10.5 Å². The molecule has 8 heteroatoms. The summed E-state index contributed by atoms with van der Waals surface area (Å²) in [5.41, 5.74) is -0.733. The number of carbonyl (C=O) groups is 1. The normalized spacial score (nSPS) is 12.8. The smallest absolute Gasteiger partial charge is 0.323 e. The second kappa shape index (κ2) is 6.68. The van der Waals surface area contributed by atoms with E-state index in [-0.39, 0.29) is 16.3 Å². The molecule has 0 radical (unpaired) electrons. The molecule has 0 aliphatic rings. The number of rotatable bonds is 3. The first-order valence-corrected chi connectivity index (χ1v) is 7.34. The number of benzene rings is 1. The van der Waals surface area contributed by atoms with Crippen LogP contribution < -0.4 is 10.9 Å². The lowest BCUT2D eigenvalue weighted by atomic mass is 10.2. The molecule has 24 heavy (non-hydrogen) atoms. The van der Waals surface area contributed by atoms with Gasteiger partial charge in [0.05, 0.1) is 16.3 Å². The predicted molar refractivity (Wildman–Crippen MR) is 85.2 cm³/mol. The number of carbonyl (C=O) groups excluding carboxylic acids is 1. The summed E-state index contributed by atoms with van der Waals surface area (Å²) in [7, 11) is 0. The minimum atomic E-state index is -4.55. The van der Waals surface area contributed by atoms with E-state index in [0.29, 0.717) is 0 Å². The topological polar surface area (TPSA) is 51.1 Å². The highest BCUT2D eigenvalue weighted by Gasteiger charge is 2.31. The largest absolute Gasteiger partial charge is 0.416 e. The lowest BCUT2D eigenvalue weighted by molar-refractivity contribution is -0.137. The highest BCUT2D eigenvalue weighted by atomic mass is 35.5. The monoisotopic (exact) mass is 358 g/mol. The van der Waals surface area contributed by atoms with Gasteiger partial charge in [-0.15, -0.1) is 0 Å². The minimum absolute atomic E-state index is 0.0280. The zero-order valence-electron chi connectivity index (χ0n) is 12.8. The third kappa shape index (κ3) is 3.97. The van der Waals surface area contributed by atoms with Crippen molar-refractivity contribution in [2.75, 3.05) is 5.32 Å². The quantitative estimate of drug-likeness (QED) is 0.900. The maximum atomic E-state index is 12.8. The van der Waals surface area contributed by atoms with E-state index in [4.69, 9.17) is 11.6 Å². The van der Waals surface area contributed by atoms with Crippen molar-refractivity contribution in [1.82, 2.24) is 4.57 Å². The molecule has 1 heterocycles. The molecule has 1 unspecified atom stereocenters. The van der Waals surface area contributed by atoms with E-state index >= 15 is 0 Å². The fourth-order valence-corrected chi connectivity index (χ4v) is 2.23. The summed E-state index contributed by atoms with van der Waals surface area (Å²) in [5.74, 6) is -0.651. The van der Waals surface area contributed by atoms with Gasteiger partial charge in [0, 0.05) is 12.3 Å². The van der Waals surface area contributed by atoms with Crippen LogP contribution in [0.3, 0.4) is 0 Å². The van der Waals surface area contributed by atoms with Crippen LogP contribution in [0.4, 0.5) is 18.9 Å². The standard InChI is InChI=1S/C16H14ClF3N2O2/c1-9-5-6-22(14(23)7-9)10(2)15(24)21-13-8-11(16(18,19)20)3-4-12(13)17/h3-8,10H,1-2H3,(H,21,24). The molecule has 0 aliphatic heterocycles. The molecule has 2 aromatic rings. The van der Waals surface area contributed by atoms with Crippen LogP contribution in [0.5, 0.6) is 0 Å². The van der Waals surface area contributed by atoms with Crippen molar-refractivity contribution in [2.45, 2.75) is 26.1 Å². The van der Waals surface area contributed by atoms with E-state index in [1.807, 2.05) is 0 Å². The van der Waals surface area contributed by atoms with Crippen molar-refractivity contribution < 1.29 is 18.0 Å². The van der Waals surface area contributed by atoms with Crippen molar-refractivity contribution in [1.29, 1.82) is 0 Å². The Hall–Kier alpha value is -2.28. The van der Waals surface area contributed by atoms with E-state index in [1.54, 1.807) is 13.0 Å². The molecular weight excluding hydrogens is 345 g/mol. The maximum Gasteiger partial charge on any atom is 0.416 e. The number of alkyl halides is 3. The van der Waals surface area contributed by atoms with E-state index in [0.717, 1.165) is 23.8 Å². The first kappa shape index (κ1) is 18.1. The Kier molecular flexibility index (Phi) is 5.03. The zero-order chi connectivity index (χ0) is 18.1. The van der Waals surface area contributed by atoms with Crippen LogP contribution in [-0.2, 0) is 11.0 Å². The van der Waals surface area contributed by atoms with Crippen LogP contribution in [0, 0.1) is 6.92 Å². The molecule has 0 saturated heterocycles. The lowest BCUT2D eigenvalue weighted by Gasteiger charge is -2.17. The van der Waals surface area contributed by atoms with Gasteiger partial charge in [0.2, 0.25) is 5.91 Å². The van der Waals surface area contributed by atoms with Gasteiger partial charge in [-0.05, 0) is 43.7 Å². The Morgan fingerprint density at radius 3 is 2.50 bits per heavy atom. The Morgan fingerprint density at radius 1 is 1.25 bits per heavy atom. The van der Waals surface area contributed by atoms with Crippen molar-refractivity contribution >= 4 is 23.2 Å². The summed E-state index contributed by atoms with van der Waals surface area (Å²) in [4.78, 5) is 24.2. The molecule has 1 atom stereocenters. The van der Waals surface area contributed by atoms with E-state index in [1.165, 1.54) is 23.8 Å². The van der Waals surface area contributed by atoms with Crippen molar-refractivity contribution in [3.8, 4) is 0 Å². The van der Waals surface area contributed by atoms with Crippen LogP contribution >= 0.6 is 11.6 Å². The highest BCUT2D eigenvalue weighted by molar-refractivity contribution is 6.33. The lowest BCUT2D eigenvalue weighted by Crippen LogP contribution is -2.31.